The zero-order valence-electron chi connectivity index (χ0n) is 39.6. The first-order valence-electron chi connectivity index (χ1n) is 22.0. The maximum atomic E-state index is 12.6. The van der Waals surface area contributed by atoms with Crippen LogP contribution in [0.25, 0.3) is 0 Å². The third-order valence-corrected chi connectivity index (χ3v) is 26.1. The van der Waals surface area contributed by atoms with E-state index in [-0.39, 0.29) is 48.4 Å². The van der Waals surface area contributed by atoms with Crippen LogP contribution in [0.15, 0.2) is 41.5 Å². The summed E-state index contributed by atoms with van der Waals surface area (Å²) in [6, 6.07) is 11.2. The number of aliphatic hydroxyl groups excluding tert-OH is 1. The molecule has 0 spiro atoms. The molecular formula is C46H82O9Si3. The van der Waals surface area contributed by atoms with Crippen molar-refractivity contribution < 1.29 is 42.4 Å². The van der Waals surface area contributed by atoms with Gasteiger partial charge in [-0.05, 0) is 66.8 Å². The number of fused-ring (bicyclic) bond motifs is 2. The molecular weight excluding hydrogens is 781 g/mol. The lowest BCUT2D eigenvalue weighted by Crippen LogP contribution is -2.70. The number of hydrogen-bond acceptors (Lipinski definition) is 9. The monoisotopic (exact) mass is 863 g/mol. The highest BCUT2D eigenvalue weighted by Crippen LogP contribution is 2.69. The highest BCUT2D eigenvalue weighted by molar-refractivity contribution is 6.76. The zero-order valence-corrected chi connectivity index (χ0v) is 42.6. The first kappa shape index (κ1) is 48.3. The summed E-state index contributed by atoms with van der Waals surface area (Å²) in [7, 11) is -5.72. The molecule has 3 fully saturated rings. The first-order chi connectivity index (χ1) is 26.6. The molecule has 2 aliphatic heterocycles. The highest BCUT2D eigenvalue weighted by atomic mass is 28.4. The quantitative estimate of drug-likeness (QED) is 0.0509. The van der Waals surface area contributed by atoms with E-state index in [9.17, 15) is 5.11 Å². The average Bonchev–Trinajstić information content (AvgIpc) is 3.68. The number of ether oxygens (including phenoxy) is 6. The van der Waals surface area contributed by atoms with Crippen LogP contribution in [-0.4, -0.2) is 105 Å². The summed E-state index contributed by atoms with van der Waals surface area (Å²) in [5.41, 5.74) is 0.875. The fourth-order valence-electron chi connectivity index (χ4n) is 9.37. The van der Waals surface area contributed by atoms with Crippen molar-refractivity contribution in [2.24, 2.45) is 16.7 Å². The van der Waals surface area contributed by atoms with E-state index in [1.54, 1.807) is 0 Å². The predicted molar refractivity (Wildman–Crippen MR) is 241 cm³/mol. The summed E-state index contributed by atoms with van der Waals surface area (Å²) in [5.74, 6) is -0.363. The number of epoxide rings is 1. The molecule has 58 heavy (non-hydrogen) atoms. The molecule has 0 bridgehead atoms. The minimum atomic E-state index is -2.35. The average molecular weight is 863 g/mol. The molecule has 9 nitrogen and oxygen atoms in total. The first-order valence-corrected chi connectivity index (χ1v) is 31.5. The molecule has 0 amide bonds. The highest BCUT2D eigenvalue weighted by Gasteiger charge is 2.80. The van der Waals surface area contributed by atoms with Gasteiger partial charge in [0.05, 0.1) is 50.8 Å². The Balaban J connectivity index is 1.55. The summed E-state index contributed by atoms with van der Waals surface area (Å²) in [6.07, 6.45) is -0.456. The second-order valence-corrected chi connectivity index (χ2v) is 38.3. The van der Waals surface area contributed by atoms with Crippen molar-refractivity contribution >= 4 is 24.7 Å². The molecule has 1 N–H and O–H groups in total. The molecule has 12 heteroatoms. The fourth-order valence-corrected chi connectivity index (χ4v) is 12.5. The van der Waals surface area contributed by atoms with E-state index in [0.717, 1.165) is 18.0 Å². The molecule has 4 aliphatic rings. The van der Waals surface area contributed by atoms with Crippen LogP contribution in [0, 0.1) is 16.7 Å². The summed E-state index contributed by atoms with van der Waals surface area (Å²) < 4.78 is 54.6. The Morgan fingerprint density at radius 3 is 2.07 bits per heavy atom. The summed E-state index contributed by atoms with van der Waals surface area (Å²) in [4.78, 5) is 0. The number of benzene rings is 1. The van der Waals surface area contributed by atoms with E-state index in [1.807, 2.05) is 18.2 Å². The fraction of sp³-hybridized carbons (Fsp3) is 0.826. The molecule has 0 unspecified atom stereocenters. The SMILES string of the molecule is CC1=C(CO[Si](C)(C)C(C)(C)C)C(C)(C)[C@@]2([C@H]3OC[C@]4(OCOCC[Si](C)(C)C)[C@H](O)C[C@H](O[Si](C)(C)C(C)(C)C)[C@@](C)(COCOCc5ccccc5)[C@H]34)O[C@H]2C1. The minimum Gasteiger partial charge on any atom is -0.413 e. The smallest absolute Gasteiger partial charge is 0.192 e. The van der Waals surface area contributed by atoms with E-state index in [4.69, 9.17) is 37.3 Å². The standard InChI is InChI=1S/C46H82O9Si3/c1-33-25-38-46(54-38,43(8,9)35(33)28-53-57(14,15)41(2,3)4)40-39-44(10,29-50-31-49-27-34-21-19-18-20-22-34)37(55-58(16,17)42(5,6)7)26-36(47)45(39,30-51-40)52-32-48-23-24-56(11,12)13/h18-22,36-40,47H,23-32H2,1-17H3/t36-,37+,38+,39+,40+,44-,45+,46-/m1/s1. The Bertz CT molecular complexity index is 1580. The zero-order chi connectivity index (χ0) is 43.4. The summed E-state index contributed by atoms with van der Waals surface area (Å²) >= 11 is 0. The van der Waals surface area contributed by atoms with Crippen LogP contribution in [0.5, 0.6) is 0 Å². The predicted octanol–water partition coefficient (Wildman–Crippen LogP) is 10.3. The van der Waals surface area contributed by atoms with Crippen LogP contribution >= 0.6 is 0 Å². The topological polar surface area (TPSA) is 97.4 Å². The van der Waals surface area contributed by atoms with Crippen LogP contribution < -0.4 is 0 Å². The molecule has 2 saturated heterocycles. The third-order valence-electron chi connectivity index (χ3n) is 15.4. The van der Waals surface area contributed by atoms with Gasteiger partial charge in [0.25, 0.3) is 0 Å². The van der Waals surface area contributed by atoms with E-state index >= 15 is 0 Å². The maximum Gasteiger partial charge on any atom is 0.192 e. The van der Waals surface area contributed by atoms with Gasteiger partial charge in [0.2, 0.25) is 0 Å². The molecule has 0 aromatic heterocycles. The van der Waals surface area contributed by atoms with Crippen LogP contribution in [0.4, 0.5) is 0 Å². The Hall–Kier alpha value is -0.749. The largest absolute Gasteiger partial charge is 0.413 e. The van der Waals surface area contributed by atoms with Gasteiger partial charge < -0.3 is 42.4 Å². The molecule has 0 radical (unpaired) electrons. The van der Waals surface area contributed by atoms with Crippen molar-refractivity contribution in [2.75, 3.05) is 40.0 Å². The van der Waals surface area contributed by atoms with Crippen molar-refractivity contribution in [1.82, 2.24) is 0 Å². The molecule has 2 heterocycles. The van der Waals surface area contributed by atoms with E-state index in [1.165, 1.54) is 11.1 Å². The van der Waals surface area contributed by atoms with Gasteiger partial charge in [-0.3, -0.25) is 0 Å². The lowest BCUT2D eigenvalue weighted by Gasteiger charge is -2.58. The van der Waals surface area contributed by atoms with Gasteiger partial charge in [-0.1, -0.05) is 118 Å². The number of aliphatic hydroxyl groups is 1. The van der Waals surface area contributed by atoms with Gasteiger partial charge >= 0.3 is 0 Å². The minimum absolute atomic E-state index is 0.0360. The van der Waals surface area contributed by atoms with Crippen LogP contribution in [-0.2, 0) is 43.9 Å². The van der Waals surface area contributed by atoms with E-state index in [2.05, 4.69) is 127 Å². The normalized spacial score (nSPS) is 33.0. The van der Waals surface area contributed by atoms with E-state index < -0.39 is 58.9 Å². The molecule has 1 aromatic rings. The van der Waals surface area contributed by atoms with Crippen LogP contribution in [0.2, 0.25) is 61.9 Å². The number of rotatable bonds is 18. The summed E-state index contributed by atoms with van der Waals surface area (Å²) in [5, 5.41) is 12.6. The van der Waals surface area contributed by atoms with Crippen molar-refractivity contribution in [1.29, 1.82) is 0 Å². The lowest BCUT2D eigenvalue weighted by molar-refractivity contribution is -0.262. The van der Waals surface area contributed by atoms with Crippen molar-refractivity contribution in [3.05, 3.63) is 47.0 Å². The molecule has 2 aliphatic carbocycles. The second-order valence-electron chi connectivity index (χ2n) is 23.1. The van der Waals surface area contributed by atoms with Gasteiger partial charge in [-0.15, -0.1) is 0 Å². The van der Waals surface area contributed by atoms with Gasteiger partial charge in [-0.2, -0.15) is 0 Å². The maximum absolute atomic E-state index is 12.6. The van der Waals surface area contributed by atoms with Gasteiger partial charge in [0, 0.05) is 37.8 Å². The Labute approximate surface area is 355 Å². The summed E-state index contributed by atoms with van der Waals surface area (Å²) in [6.45, 7) is 41.5. The van der Waals surface area contributed by atoms with Crippen molar-refractivity contribution in [2.45, 2.75) is 186 Å². The Morgan fingerprint density at radius 2 is 1.47 bits per heavy atom. The number of hydrogen-bond donors (Lipinski definition) is 1. The van der Waals surface area contributed by atoms with Crippen LogP contribution in [0.3, 0.4) is 0 Å². The van der Waals surface area contributed by atoms with Crippen LogP contribution in [0.1, 0.15) is 87.6 Å². The molecule has 332 valence electrons. The Kier molecular flexibility index (Phi) is 14.2. The molecule has 1 saturated carbocycles. The van der Waals surface area contributed by atoms with E-state index in [0.29, 0.717) is 32.8 Å². The molecule has 8 atom stereocenters. The Morgan fingerprint density at radius 1 is 0.828 bits per heavy atom. The van der Waals surface area contributed by atoms with Gasteiger partial charge in [-0.25, -0.2) is 0 Å². The van der Waals surface area contributed by atoms with Gasteiger partial charge in [0.15, 0.2) is 16.6 Å². The molecule has 5 rings (SSSR count). The van der Waals surface area contributed by atoms with Crippen molar-refractivity contribution in [3.8, 4) is 0 Å². The molecule has 1 aromatic carbocycles. The van der Waals surface area contributed by atoms with Gasteiger partial charge in [0.1, 0.15) is 24.8 Å². The third kappa shape index (κ3) is 9.44. The van der Waals surface area contributed by atoms with Crippen molar-refractivity contribution in [3.63, 3.8) is 0 Å². The lowest BCUT2D eigenvalue weighted by atomic mass is 9.52. The second kappa shape index (κ2) is 17.1.